The molecule has 2 unspecified atom stereocenters. The summed E-state index contributed by atoms with van der Waals surface area (Å²) in [7, 11) is 0. The van der Waals surface area contributed by atoms with E-state index in [1.807, 2.05) is 0 Å². The Balaban J connectivity index is 0.00000320. The molecule has 30 heavy (non-hydrogen) atoms. The first-order valence-electron chi connectivity index (χ1n) is 11.8. The summed E-state index contributed by atoms with van der Waals surface area (Å²) in [5.74, 6) is 1.49. The molecule has 2 heterocycles. The third-order valence-electron chi connectivity index (χ3n) is 6.18. The largest absolute Gasteiger partial charge is 0.379 e. The lowest BCUT2D eigenvalue weighted by Crippen LogP contribution is -2.45. The summed E-state index contributed by atoms with van der Waals surface area (Å²) >= 11 is 0. The van der Waals surface area contributed by atoms with E-state index in [2.05, 4.69) is 27.4 Å². The number of aliphatic imine (C=N–C) groups is 1. The highest BCUT2D eigenvalue weighted by molar-refractivity contribution is 14.0. The molecule has 2 atom stereocenters. The zero-order valence-corrected chi connectivity index (χ0v) is 20.9. The van der Waals surface area contributed by atoms with Crippen molar-refractivity contribution in [1.29, 1.82) is 0 Å². The number of hydrogen-bond donors (Lipinski definition) is 2. The number of guanidine groups is 1. The van der Waals surface area contributed by atoms with Crippen molar-refractivity contribution < 1.29 is 14.3 Å². The number of likely N-dealkylation sites (tertiary alicyclic amines) is 1. The second-order valence-corrected chi connectivity index (χ2v) is 8.57. The third kappa shape index (κ3) is 8.49. The molecule has 0 spiro atoms. The summed E-state index contributed by atoms with van der Waals surface area (Å²) in [6.07, 6.45) is 10.3. The minimum Gasteiger partial charge on any atom is -0.379 e. The van der Waals surface area contributed by atoms with Crippen LogP contribution in [0.1, 0.15) is 64.7 Å². The van der Waals surface area contributed by atoms with Crippen molar-refractivity contribution in [2.75, 3.05) is 46.0 Å². The fourth-order valence-corrected chi connectivity index (χ4v) is 4.55. The molecule has 7 nitrogen and oxygen atoms in total. The van der Waals surface area contributed by atoms with Gasteiger partial charge >= 0.3 is 0 Å². The van der Waals surface area contributed by atoms with Crippen LogP contribution in [0.4, 0.5) is 0 Å². The number of rotatable bonds is 9. The molecular weight excluding hydrogens is 495 g/mol. The first kappa shape index (κ1) is 25.6. The van der Waals surface area contributed by atoms with Gasteiger partial charge in [0.05, 0.1) is 12.7 Å². The van der Waals surface area contributed by atoms with Crippen LogP contribution < -0.4 is 10.6 Å². The molecule has 0 aromatic heterocycles. The Bertz CT molecular complexity index is 523. The maximum Gasteiger partial charge on any atom is 0.225 e. The van der Waals surface area contributed by atoms with Gasteiger partial charge in [-0.25, -0.2) is 0 Å². The van der Waals surface area contributed by atoms with Crippen molar-refractivity contribution in [3.05, 3.63) is 0 Å². The minimum atomic E-state index is 0. The van der Waals surface area contributed by atoms with E-state index in [9.17, 15) is 4.79 Å². The van der Waals surface area contributed by atoms with Gasteiger partial charge in [-0.15, -0.1) is 24.0 Å². The smallest absolute Gasteiger partial charge is 0.225 e. The van der Waals surface area contributed by atoms with Crippen LogP contribution in [0, 0.1) is 5.92 Å². The zero-order chi connectivity index (χ0) is 20.3. The number of hydrogen-bond acceptors (Lipinski definition) is 4. The average Bonchev–Trinajstić information content (AvgIpc) is 3.43. The molecule has 0 aromatic carbocycles. The molecule has 2 aliphatic heterocycles. The number of carbonyl (C=O) groups excluding carboxylic acids is 1. The number of nitrogens with one attached hydrogen (secondary N) is 2. The van der Waals surface area contributed by atoms with Crippen molar-refractivity contribution in [3.63, 3.8) is 0 Å². The molecule has 1 aliphatic carbocycles. The van der Waals surface area contributed by atoms with Gasteiger partial charge in [-0.2, -0.15) is 0 Å². The number of carbonyl (C=O) groups is 1. The number of ether oxygens (including phenoxy) is 2. The third-order valence-corrected chi connectivity index (χ3v) is 6.18. The Hall–Kier alpha value is -0.610. The minimum absolute atomic E-state index is 0. The highest BCUT2D eigenvalue weighted by Crippen LogP contribution is 2.26. The number of nitrogens with zero attached hydrogens (tertiary/aromatic N) is 2. The first-order chi connectivity index (χ1) is 14.3. The van der Waals surface area contributed by atoms with Gasteiger partial charge in [0.2, 0.25) is 5.91 Å². The fourth-order valence-electron chi connectivity index (χ4n) is 4.55. The molecule has 0 bridgehead atoms. The summed E-state index contributed by atoms with van der Waals surface area (Å²) in [5, 5.41) is 6.85. The lowest BCUT2D eigenvalue weighted by molar-refractivity contribution is -0.135. The number of amides is 1. The monoisotopic (exact) mass is 536 g/mol. The van der Waals surface area contributed by atoms with Gasteiger partial charge in [-0.3, -0.25) is 9.79 Å². The second-order valence-electron chi connectivity index (χ2n) is 8.57. The van der Waals surface area contributed by atoms with Crippen LogP contribution in [-0.2, 0) is 14.3 Å². The molecule has 3 rings (SSSR count). The van der Waals surface area contributed by atoms with Gasteiger partial charge in [0.15, 0.2) is 5.96 Å². The van der Waals surface area contributed by atoms with Crippen LogP contribution in [0.3, 0.4) is 0 Å². The predicted octanol–water partition coefficient (Wildman–Crippen LogP) is 2.93. The normalized spacial score (nSPS) is 25.2. The van der Waals surface area contributed by atoms with Gasteiger partial charge in [-0.1, -0.05) is 19.3 Å². The molecule has 2 N–H and O–H groups in total. The zero-order valence-electron chi connectivity index (χ0n) is 18.6. The van der Waals surface area contributed by atoms with Gasteiger partial charge in [0.25, 0.3) is 0 Å². The van der Waals surface area contributed by atoms with E-state index in [0.29, 0.717) is 18.6 Å². The van der Waals surface area contributed by atoms with Crippen LogP contribution in [0.15, 0.2) is 4.99 Å². The Morgan fingerprint density at radius 2 is 2.00 bits per heavy atom. The summed E-state index contributed by atoms with van der Waals surface area (Å²) in [5.41, 5.74) is 0. The number of halogens is 1. The quantitative estimate of drug-likeness (QED) is 0.205. The van der Waals surface area contributed by atoms with Crippen LogP contribution >= 0.6 is 24.0 Å². The lowest BCUT2D eigenvalue weighted by atomic mass is 9.88. The molecular formula is C22H41IN4O3. The van der Waals surface area contributed by atoms with Crippen molar-refractivity contribution in [1.82, 2.24) is 15.5 Å². The van der Waals surface area contributed by atoms with E-state index < -0.39 is 0 Å². The molecule has 8 heteroatoms. The SMILES string of the molecule is CCNC(=NCCCOCC1CCCO1)NC1CCN(C(=O)C2CCCCC2)C1.I. The molecule has 0 radical (unpaired) electrons. The fraction of sp³-hybridized carbons (Fsp3) is 0.909. The van der Waals surface area contributed by atoms with E-state index in [-0.39, 0.29) is 35.9 Å². The predicted molar refractivity (Wildman–Crippen MR) is 130 cm³/mol. The van der Waals surface area contributed by atoms with E-state index in [0.717, 1.165) is 83.9 Å². The Morgan fingerprint density at radius 1 is 1.17 bits per heavy atom. The van der Waals surface area contributed by atoms with Crippen LogP contribution in [0.25, 0.3) is 0 Å². The average molecular weight is 536 g/mol. The summed E-state index contributed by atoms with van der Waals surface area (Å²) in [6, 6.07) is 0.288. The lowest BCUT2D eigenvalue weighted by Gasteiger charge is -2.26. The second kappa shape index (κ2) is 14.5. The molecule has 3 aliphatic rings. The van der Waals surface area contributed by atoms with Gasteiger partial charge < -0.3 is 25.0 Å². The Labute approximate surface area is 199 Å². The Morgan fingerprint density at radius 3 is 2.73 bits per heavy atom. The van der Waals surface area contributed by atoms with Crippen LogP contribution in [0.5, 0.6) is 0 Å². The first-order valence-corrected chi connectivity index (χ1v) is 11.8. The molecule has 2 saturated heterocycles. The van der Waals surface area contributed by atoms with Crippen LogP contribution in [-0.4, -0.2) is 74.9 Å². The van der Waals surface area contributed by atoms with Gasteiger partial charge in [0, 0.05) is 51.4 Å². The Kier molecular flexibility index (Phi) is 12.4. The van der Waals surface area contributed by atoms with E-state index >= 15 is 0 Å². The summed E-state index contributed by atoms with van der Waals surface area (Å²) < 4.78 is 11.3. The topological polar surface area (TPSA) is 75.2 Å². The van der Waals surface area contributed by atoms with Crippen molar-refractivity contribution in [3.8, 4) is 0 Å². The summed E-state index contributed by atoms with van der Waals surface area (Å²) in [4.78, 5) is 19.5. The van der Waals surface area contributed by atoms with E-state index in [1.54, 1.807) is 0 Å². The molecule has 1 saturated carbocycles. The maximum atomic E-state index is 12.8. The van der Waals surface area contributed by atoms with Gasteiger partial charge in [-0.05, 0) is 45.4 Å². The molecule has 1 amide bonds. The van der Waals surface area contributed by atoms with Crippen molar-refractivity contribution in [2.24, 2.45) is 10.9 Å². The van der Waals surface area contributed by atoms with Crippen LogP contribution in [0.2, 0.25) is 0 Å². The van der Waals surface area contributed by atoms with E-state index in [1.165, 1.54) is 19.3 Å². The van der Waals surface area contributed by atoms with E-state index in [4.69, 9.17) is 9.47 Å². The van der Waals surface area contributed by atoms with Crippen molar-refractivity contribution in [2.45, 2.75) is 76.9 Å². The molecule has 0 aromatic rings. The standard InChI is InChI=1S/C22H40N4O3.HI/c1-2-23-22(24-12-7-14-28-17-20-10-6-15-29-20)25-19-11-13-26(16-19)21(27)18-8-4-3-5-9-18;/h18-20H,2-17H2,1H3,(H2,23,24,25);1H. The molecule has 3 fully saturated rings. The summed E-state index contributed by atoms with van der Waals surface area (Å²) in [6.45, 7) is 7.60. The van der Waals surface area contributed by atoms with Crippen molar-refractivity contribution >= 4 is 35.8 Å². The highest BCUT2D eigenvalue weighted by atomic mass is 127. The van der Waals surface area contributed by atoms with Gasteiger partial charge in [0.1, 0.15) is 0 Å². The molecule has 174 valence electrons. The highest BCUT2D eigenvalue weighted by Gasteiger charge is 2.31. The maximum absolute atomic E-state index is 12.8.